The highest BCUT2D eigenvalue weighted by Gasteiger charge is 2.26. The van der Waals surface area contributed by atoms with Crippen LogP contribution in [0.25, 0.3) is 0 Å². The van der Waals surface area contributed by atoms with Gasteiger partial charge in [-0.1, -0.05) is 18.6 Å². The molecule has 1 N–H and O–H groups in total. The number of aryl methyl sites for hydroxylation is 1. The fourth-order valence-electron chi connectivity index (χ4n) is 3.25. The van der Waals surface area contributed by atoms with Gasteiger partial charge in [-0.05, 0) is 55.2 Å². The number of benzene rings is 1. The van der Waals surface area contributed by atoms with Gasteiger partial charge in [0.05, 0.1) is 19.1 Å². The largest absolute Gasteiger partial charge is 0.465 e. The predicted molar refractivity (Wildman–Crippen MR) is 107 cm³/mol. The van der Waals surface area contributed by atoms with E-state index in [4.69, 9.17) is 4.74 Å². The van der Waals surface area contributed by atoms with E-state index in [-0.39, 0.29) is 18.3 Å². The molecule has 0 atom stereocenters. The molecular weight excluding hydrogens is 366 g/mol. The molecular formula is C20H23NO3S2. The summed E-state index contributed by atoms with van der Waals surface area (Å²) in [6, 6.07) is 7.97. The maximum absolute atomic E-state index is 12.5. The lowest BCUT2D eigenvalue weighted by atomic mass is 10.1. The Morgan fingerprint density at radius 3 is 2.58 bits per heavy atom. The van der Waals surface area contributed by atoms with Crippen molar-refractivity contribution in [2.24, 2.45) is 0 Å². The minimum absolute atomic E-state index is 0.108. The number of hydrogen-bond donors (Lipinski definition) is 1. The number of anilines is 1. The Bertz CT molecular complexity index is 796. The van der Waals surface area contributed by atoms with Crippen LogP contribution < -0.4 is 5.32 Å². The van der Waals surface area contributed by atoms with Gasteiger partial charge in [-0.15, -0.1) is 23.1 Å². The third-order valence-electron chi connectivity index (χ3n) is 4.59. The summed E-state index contributed by atoms with van der Waals surface area (Å²) in [6.45, 7) is 0. The van der Waals surface area contributed by atoms with E-state index < -0.39 is 0 Å². The molecule has 0 fully saturated rings. The number of rotatable bonds is 5. The molecule has 1 aliphatic carbocycles. The molecule has 6 heteroatoms. The van der Waals surface area contributed by atoms with Gasteiger partial charge in [-0.3, -0.25) is 4.79 Å². The second-order valence-corrected chi connectivity index (χ2v) is 8.32. The Kier molecular flexibility index (Phi) is 6.38. The number of esters is 1. The molecule has 0 radical (unpaired) electrons. The van der Waals surface area contributed by atoms with Gasteiger partial charge in [-0.2, -0.15) is 0 Å². The molecule has 1 amide bonds. The van der Waals surface area contributed by atoms with Gasteiger partial charge in [0.15, 0.2) is 0 Å². The van der Waals surface area contributed by atoms with Crippen LogP contribution in [0.15, 0.2) is 29.2 Å². The molecule has 0 saturated carbocycles. The molecule has 138 valence electrons. The van der Waals surface area contributed by atoms with Crippen molar-refractivity contribution in [1.29, 1.82) is 0 Å². The highest BCUT2D eigenvalue weighted by molar-refractivity contribution is 7.98. The Hall–Kier alpha value is -1.79. The molecule has 2 aromatic rings. The molecule has 0 aliphatic heterocycles. The molecule has 0 spiro atoms. The first kappa shape index (κ1) is 19.0. The summed E-state index contributed by atoms with van der Waals surface area (Å²) in [5.41, 5.74) is 2.58. The van der Waals surface area contributed by atoms with E-state index in [0.29, 0.717) is 10.6 Å². The number of thioether (sulfide) groups is 1. The molecule has 0 saturated heterocycles. The van der Waals surface area contributed by atoms with E-state index >= 15 is 0 Å². The van der Waals surface area contributed by atoms with Crippen LogP contribution in [0, 0.1) is 0 Å². The summed E-state index contributed by atoms with van der Waals surface area (Å²) in [7, 11) is 1.39. The maximum Gasteiger partial charge on any atom is 0.341 e. The second kappa shape index (κ2) is 8.73. The van der Waals surface area contributed by atoms with Crippen LogP contribution in [0.1, 0.15) is 45.6 Å². The fraction of sp³-hybridized carbons (Fsp3) is 0.400. The Balaban J connectivity index is 1.79. The Labute approximate surface area is 162 Å². The van der Waals surface area contributed by atoms with E-state index in [1.165, 1.54) is 34.6 Å². The van der Waals surface area contributed by atoms with Crippen molar-refractivity contribution in [2.45, 2.75) is 43.4 Å². The second-order valence-electron chi connectivity index (χ2n) is 6.33. The summed E-state index contributed by atoms with van der Waals surface area (Å²) in [5.74, 6) is -0.465. The highest BCUT2D eigenvalue weighted by atomic mass is 32.2. The van der Waals surface area contributed by atoms with Crippen LogP contribution in [-0.2, 0) is 28.8 Å². The first-order valence-corrected chi connectivity index (χ1v) is 10.8. The van der Waals surface area contributed by atoms with Gasteiger partial charge in [-0.25, -0.2) is 4.79 Å². The highest BCUT2D eigenvalue weighted by Crippen LogP contribution is 2.38. The Morgan fingerprint density at radius 1 is 1.15 bits per heavy atom. The van der Waals surface area contributed by atoms with Crippen molar-refractivity contribution in [3.63, 3.8) is 0 Å². The Morgan fingerprint density at radius 2 is 1.88 bits per heavy atom. The summed E-state index contributed by atoms with van der Waals surface area (Å²) < 4.78 is 4.98. The standard InChI is InChI=1S/C20H23NO3S2/c1-24-20(23)18-15-6-4-3-5-7-16(15)26-19(18)21-17(22)12-13-8-10-14(25-2)11-9-13/h8-11H,3-7,12H2,1-2H3,(H,21,22). The number of hydrogen-bond acceptors (Lipinski definition) is 5. The summed E-state index contributed by atoms with van der Waals surface area (Å²) in [4.78, 5) is 27.2. The number of nitrogens with one attached hydrogen (secondary N) is 1. The zero-order valence-corrected chi connectivity index (χ0v) is 16.7. The first-order chi connectivity index (χ1) is 12.6. The van der Waals surface area contributed by atoms with Gasteiger partial charge in [0.2, 0.25) is 5.91 Å². The van der Waals surface area contributed by atoms with Gasteiger partial charge in [0, 0.05) is 9.77 Å². The SMILES string of the molecule is COC(=O)c1c(NC(=O)Cc2ccc(SC)cc2)sc2c1CCCCC2. The third-order valence-corrected chi connectivity index (χ3v) is 6.54. The number of ether oxygens (including phenoxy) is 1. The van der Waals surface area contributed by atoms with Crippen molar-refractivity contribution in [3.05, 3.63) is 45.8 Å². The van der Waals surface area contributed by atoms with Gasteiger partial charge < -0.3 is 10.1 Å². The lowest BCUT2D eigenvalue weighted by Crippen LogP contribution is -2.16. The lowest BCUT2D eigenvalue weighted by molar-refractivity contribution is -0.115. The van der Waals surface area contributed by atoms with Gasteiger partial charge in [0.1, 0.15) is 5.00 Å². The van der Waals surface area contributed by atoms with Crippen LogP contribution in [0.2, 0.25) is 0 Å². The van der Waals surface area contributed by atoms with Crippen molar-refractivity contribution in [2.75, 3.05) is 18.7 Å². The van der Waals surface area contributed by atoms with Crippen LogP contribution >= 0.6 is 23.1 Å². The number of methoxy groups -OCH3 is 1. The van der Waals surface area contributed by atoms with Gasteiger partial charge >= 0.3 is 5.97 Å². The topological polar surface area (TPSA) is 55.4 Å². The third kappa shape index (κ3) is 4.30. The van der Waals surface area contributed by atoms with Crippen molar-refractivity contribution >= 4 is 40.0 Å². The zero-order chi connectivity index (χ0) is 18.5. The minimum Gasteiger partial charge on any atom is -0.465 e. The van der Waals surface area contributed by atoms with Crippen LogP contribution in [0.5, 0.6) is 0 Å². The summed E-state index contributed by atoms with van der Waals surface area (Å²) in [5, 5.41) is 3.59. The molecule has 26 heavy (non-hydrogen) atoms. The van der Waals surface area contributed by atoms with Gasteiger partial charge in [0.25, 0.3) is 0 Å². The van der Waals surface area contributed by atoms with E-state index in [9.17, 15) is 9.59 Å². The van der Waals surface area contributed by atoms with E-state index in [1.807, 2.05) is 30.5 Å². The van der Waals surface area contributed by atoms with E-state index in [2.05, 4.69) is 5.32 Å². The van der Waals surface area contributed by atoms with Crippen molar-refractivity contribution in [3.8, 4) is 0 Å². The average Bonchev–Trinajstić information content (AvgIpc) is 2.82. The quantitative estimate of drug-likeness (QED) is 0.457. The van der Waals surface area contributed by atoms with E-state index in [1.54, 1.807) is 11.8 Å². The number of carbonyl (C=O) groups excluding carboxylic acids is 2. The van der Waals surface area contributed by atoms with Crippen molar-refractivity contribution < 1.29 is 14.3 Å². The van der Waals surface area contributed by atoms with Crippen molar-refractivity contribution in [1.82, 2.24) is 0 Å². The minimum atomic E-state index is -0.357. The smallest absolute Gasteiger partial charge is 0.341 e. The molecule has 3 rings (SSSR count). The maximum atomic E-state index is 12.5. The van der Waals surface area contributed by atoms with Crippen LogP contribution in [0.3, 0.4) is 0 Å². The summed E-state index contributed by atoms with van der Waals surface area (Å²) in [6.07, 6.45) is 7.54. The summed E-state index contributed by atoms with van der Waals surface area (Å²) >= 11 is 3.20. The number of thiophene rings is 1. The monoisotopic (exact) mass is 389 g/mol. The average molecular weight is 390 g/mol. The number of amides is 1. The number of carbonyl (C=O) groups is 2. The molecule has 1 aromatic heterocycles. The molecule has 1 heterocycles. The van der Waals surface area contributed by atoms with Crippen LogP contribution in [-0.4, -0.2) is 25.2 Å². The zero-order valence-electron chi connectivity index (χ0n) is 15.1. The predicted octanol–water partition coefficient (Wildman–Crippen LogP) is 4.71. The first-order valence-electron chi connectivity index (χ1n) is 8.78. The molecule has 4 nitrogen and oxygen atoms in total. The lowest BCUT2D eigenvalue weighted by Gasteiger charge is -2.08. The molecule has 1 aromatic carbocycles. The molecule has 1 aliphatic rings. The van der Waals surface area contributed by atoms with E-state index in [0.717, 1.165) is 36.8 Å². The normalized spacial score (nSPS) is 13.6. The van der Waals surface area contributed by atoms with Crippen LogP contribution in [0.4, 0.5) is 5.00 Å². The number of fused-ring (bicyclic) bond motifs is 1. The molecule has 0 unspecified atom stereocenters. The molecule has 0 bridgehead atoms. The fourth-order valence-corrected chi connectivity index (χ4v) is 4.95.